The molecule has 0 aliphatic rings. The molecule has 3 aromatic carbocycles. The number of rotatable bonds is 5. The van der Waals surface area contributed by atoms with E-state index in [1.54, 1.807) is 38.5 Å². The Bertz CT molecular complexity index is 928. The van der Waals surface area contributed by atoms with Crippen LogP contribution in [-0.2, 0) is 4.79 Å². The lowest BCUT2D eigenvalue weighted by molar-refractivity contribution is -0.128. The minimum atomic E-state index is -0.440. The molecule has 0 N–H and O–H groups in total. The van der Waals surface area contributed by atoms with Crippen LogP contribution in [0, 0.1) is 0 Å². The van der Waals surface area contributed by atoms with Crippen molar-refractivity contribution >= 4 is 22.8 Å². The Morgan fingerprint density at radius 2 is 1.60 bits per heavy atom. The lowest BCUT2D eigenvalue weighted by Gasteiger charge is -2.07. The summed E-state index contributed by atoms with van der Waals surface area (Å²) in [6, 6.07) is 18.9. The molecule has 0 aromatic heterocycles. The zero-order valence-corrected chi connectivity index (χ0v) is 14.1. The highest BCUT2D eigenvalue weighted by Crippen LogP contribution is 2.28. The lowest BCUT2D eigenvalue weighted by atomic mass is 10.1. The Morgan fingerprint density at radius 3 is 2.36 bits per heavy atom. The van der Waals surface area contributed by atoms with Crippen molar-refractivity contribution in [1.82, 2.24) is 0 Å². The normalized spacial score (nSPS) is 10.8. The van der Waals surface area contributed by atoms with Gasteiger partial charge in [-0.3, -0.25) is 0 Å². The van der Waals surface area contributed by atoms with Gasteiger partial charge in [-0.25, -0.2) is 4.79 Å². The van der Waals surface area contributed by atoms with Gasteiger partial charge in [-0.2, -0.15) is 0 Å². The predicted molar refractivity (Wildman–Crippen MR) is 98.2 cm³/mol. The summed E-state index contributed by atoms with van der Waals surface area (Å²) in [5.74, 6) is 1.32. The van der Waals surface area contributed by atoms with Crippen LogP contribution >= 0.6 is 0 Å². The van der Waals surface area contributed by atoms with E-state index in [0.717, 1.165) is 16.3 Å². The number of carbonyl (C=O) groups excluding carboxylic acids is 1. The molecule has 0 radical (unpaired) electrons. The number of hydrogen-bond acceptors (Lipinski definition) is 4. The molecular formula is C21H18O4. The molecule has 0 amide bonds. The van der Waals surface area contributed by atoms with E-state index in [9.17, 15) is 4.79 Å². The van der Waals surface area contributed by atoms with E-state index in [1.165, 1.54) is 6.08 Å². The van der Waals surface area contributed by atoms with E-state index < -0.39 is 5.97 Å². The van der Waals surface area contributed by atoms with Crippen LogP contribution in [0.3, 0.4) is 0 Å². The van der Waals surface area contributed by atoms with Gasteiger partial charge in [-0.1, -0.05) is 36.4 Å². The smallest absolute Gasteiger partial charge is 0.336 e. The van der Waals surface area contributed by atoms with Gasteiger partial charge in [0.15, 0.2) is 11.5 Å². The minimum absolute atomic E-state index is 0.440. The first-order valence-electron chi connectivity index (χ1n) is 7.80. The summed E-state index contributed by atoms with van der Waals surface area (Å²) in [5.41, 5.74) is 0.813. The van der Waals surface area contributed by atoms with Gasteiger partial charge in [0.05, 0.1) is 14.2 Å². The van der Waals surface area contributed by atoms with E-state index in [2.05, 4.69) is 0 Å². The second-order valence-electron chi connectivity index (χ2n) is 5.38. The molecule has 0 saturated carbocycles. The fourth-order valence-electron chi connectivity index (χ4n) is 2.50. The Labute approximate surface area is 146 Å². The van der Waals surface area contributed by atoms with E-state index in [-0.39, 0.29) is 0 Å². The molecule has 3 aromatic rings. The highest BCUT2D eigenvalue weighted by atomic mass is 16.5. The summed E-state index contributed by atoms with van der Waals surface area (Å²) < 4.78 is 15.8. The summed E-state index contributed by atoms with van der Waals surface area (Å²) in [6.45, 7) is 0. The van der Waals surface area contributed by atoms with Crippen LogP contribution in [-0.4, -0.2) is 20.2 Å². The first-order chi connectivity index (χ1) is 12.2. The molecule has 0 spiro atoms. The van der Waals surface area contributed by atoms with Gasteiger partial charge in [0.1, 0.15) is 5.75 Å². The summed E-state index contributed by atoms with van der Waals surface area (Å²) in [4.78, 5) is 12.0. The molecule has 0 saturated heterocycles. The molecule has 4 heteroatoms. The van der Waals surface area contributed by atoms with Crippen molar-refractivity contribution in [3.8, 4) is 17.2 Å². The van der Waals surface area contributed by atoms with Crippen molar-refractivity contribution in [3.63, 3.8) is 0 Å². The van der Waals surface area contributed by atoms with Gasteiger partial charge in [-0.05, 0) is 46.7 Å². The molecular weight excluding hydrogens is 316 g/mol. The van der Waals surface area contributed by atoms with Crippen molar-refractivity contribution in [2.75, 3.05) is 14.2 Å². The van der Waals surface area contributed by atoms with Crippen LogP contribution in [0.2, 0.25) is 0 Å². The monoisotopic (exact) mass is 334 g/mol. The Hall–Kier alpha value is -3.27. The molecule has 25 heavy (non-hydrogen) atoms. The van der Waals surface area contributed by atoms with Crippen LogP contribution < -0.4 is 14.2 Å². The van der Waals surface area contributed by atoms with Crippen molar-refractivity contribution in [1.29, 1.82) is 0 Å². The molecule has 4 nitrogen and oxygen atoms in total. The number of fused-ring (bicyclic) bond motifs is 1. The molecule has 0 heterocycles. The van der Waals surface area contributed by atoms with Crippen molar-refractivity contribution in [2.45, 2.75) is 0 Å². The minimum Gasteiger partial charge on any atom is -0.493 e. The third-order valence-corrected chi connectivity index (χ3v) is 3.76. The van der Waals surface area contributed by atoms with Crippen LogP contribution in [0.5, 0.6) is 17.2 Å². The van der Waals surface area contributed by atoms with Crippen molar-refractivity contribution in [2.24, 2.45) is 0 Å². The van der Waals surface area contributed by atoms with Crippen LogP contribution in [0.1, 0.15) is 5.56 Å². The molecule has 0 fully saturated rings. The first kappa shape index (κ1) is 16.6. The third kappa shape index (κ3) is 3.98. The number of ether oxygens (including phenoxy) is 3. The number of hydrogen-bond donors (Lipinski definition) is 0. The fourth-order valence-corrected chi connectivity index (χ4v) is 2.50. The SMILES string of the molecule is COc1ccc(/C=C/C(=O)Oc2ccc3ccccc3c2)cc1OC. The Morgan fingerprint density at radius 1 is 0.840 bits per heavy atom. The average molecular weight is 334 g/mol. The molecule has 3 rings (SSSR count). The van der Waals surface area contributed by atoms with Crippen molar-refractivity contribution in [3.05, 3.63) is 72.3 Å². The highest BCUT2D eigenvalue weighted by molar-refractivity contribution is 5.90. The largest absolute Gasteiger partial charge is 0.493 e. The van der Waals surface area contributed by atoms with Gasteiger partial charge < -0.3 is 14.2 Å². The van der Waals surface area contributed by atoms with E-state index in [0.29, 0.717) is 17.2 Å². The van der Waals surface area contributed by atoms with Crippen LogP contribution in [0.4, 0.5) is 0 Å². The Kier molecular flexibility index (Phi) is 5.00. The lowest BCUT2D eigenvalue weighted by Crippen LogP contribution is -2.03. The second kappa shape index (κ2) is 7.53. The summed E-state index contributed by atoms with van der Waals surface area (Å²) in [6.07, 6.45) is 3.06. The second-order valence-corrected chi connectivity index (χ2v) is 5.38. The molecule has 126 valence electrons. The maximum Gasteiger partial charge on any atom is 0.336 e. The molecule has 0 aliphatic carbocycles. The van der Waals surface area contributed by atoms with Gasteiger partial charge in [-0.15, -0.1) is 0 Å². The molecule has 0 atom stereocenters. The van der Waals surface area contributed by atoms with Gasteiger partial charge in [0.2, 0.25) is 0 Å². The number of methoxy groups -OCH3 is 2. The number of esters is 1. The van der Waals surface area contributed by atoms with Crippen molar-refractivity contribution < 1.29 is 19.0 Å². The third-order valence-electron chi connectivity index (χ3n) is 3.76. The van der Waals surface area contributed by atoms with Crippen LogP contribution in [0.15, 0.2) is 66.7 Å². The van der Waals surface area contributed by atoms with E-state index in [4.69, 9.17) is 14.2 Å². The topological polar surface area (TPSA) is 44.8 Å². The zero-order valence-electron chi connectivity index (χ0n) is 14.1. The summed E-state index contributed by atoms with van der Waals surface area (Å²) in [7, 11) is 3.15. The molecule has 0 bridgehead atoms. The molecule has 0 aliphatic heterocycles. The van der Waals surface area contributed by atoms with Gasteiger partial charge >= 0.3 is 5.97 Å². The first-order valence-corrected chi connectivity index (χ1v) is 7.80. The van der Waals surface area contributed by atoms with E-state index in [1.807, 2.05) is 42.5 Å². The number of benzene rings is 3. The highest BCUT2D eigenvalue weighted by Gasteiger charge is 2.05. The molecule has 0 unspecified atom stereocenters. The quantitative estimate of drug-likeness (QED) is 0.392. The summed E-state index contributed by atoms with van der Waals surface area (Å²) in [5, 5.41) is 2.12. The zero-order chi connectivity index (χ0) is 17.6. The standard InChI is InChI=1S/C21H18O4/c1-23-19-11-7-15(13-20(19)24-2)8-12-21(22)25-18-10-9-16-5-3-4-6-17(16)14-18/h3-14H,1-2H3/b12-8+. The van der Waals surface area contributed by atoms with Gasteiger partial charge in [0, 0.05) is 6.08 Å². The maximum atomic E-state index is 12.0. The summed E-state index contributed by atoms with van der Waals surface area (Å²) >= 11 is 0. The van der Waals surface area contributed by atoms with E-state index >= 15 is 0 Å². The van der Waals surface area contributed by atoms with Gasteiger partial charge in [0.25, 0.3) is 0 Å². The average Bonchev–Trinajstić information content (AvgIpc) is 2.66. The predicted octanol–water partition coefficient (Wildman–Crippen LogP) is 4.48. The van der Waals surface area contributed by atoms with Crippen LogP contribution in [0.25, 0.3) is 16.8 Å². The number of carbonyl (C=O) groups is 1. The fraction of sp³-hybridized carbons (Fsp3) is 0.0952. The maximum absolute atomic E-state index is 12.0. The Balaban J connectivity index is 1.71.